The van der Waals surface area contributed by atoms with Crippen LogP contribution >= 0.6 is 0 Å². The molecule has 0 radical (unpaired) electrons. The first-order chi connectivity index (χ1) is 8.69. The maximum absolute atomic E-state index is 11.3. The van der Waals surface area contributed by atoms with Gasteiger partial charge in [-0.2, -0.15) is 0 Å². The van der Waals surface area contributed by atoms with E-state index in [1.165, 1.54) is 7.11 Å². The van der Waals surface area contributed by atoms with Gasteiger partial charge < -0.3 is 9.47 Å². The van der Waals surface area contributed by atoms with Crippen molar-refractivity contribution in [3.05, 3.63) is 23.8 Å². The molecule has 1 aliphatic carbocycles. The van der Waals surface area contributed by atoms with E-state index in [1.54, 1.807) is 0 Å². The molecule has 0 N–H and O–H groups in total. The lowest BCUT2D eigenvalue weighted by Gasteiger charge is -2.24. The smallest absolute Gasteiger partial charge is 0.333 e. The van der Waals surface area contributed by atoms with Gasteiger partial charge in [0.15, 0.2) is 0 Å². The minimum atomic E-state index is -0.255. The fraction of sp³-hybridized carbons (Fsp3) is 0.667. The van der Waals surface area contributed by atoms with Crippen LogP contribution in [-0.2, 0) is 14.3 Å². The Morgan fingerprint density at radius 3 is 2.72 bits per heavy atom. The van der Waals surface area contributed by atoms with Gasteiger partial charge in [-0.25, -0.2) is 4.79 Å². The molecule has 3 nitrogen and oxygen atoms in total. The molecule has 0 aromatic rings. The lowest BCUT2D eigenvalue weighted by molar-refractivity contribution is -0.136. The van der Waals surface area contributed by atoms with Gasteiger partial charge in [0, 0.05) is 5.57 Å². The summed E-state index contributed by atoms with van der Waals surface area (Å²) in [6.45, 7) is 5.46. The van der Waals surface area contributed by atoms with Crippen LogP contribution in [0.5, 0.6) is 0 Å². The number of methoxy groups -OCH3 is 1. The van der Waals surface area contributed by atoms with Crippen molar-refractivity contribution >= 4 is 5.97 Å². The van der Waals surface area contributed by atoms with Crippen LogP contribution in [0.25, 0.3) is 0 Å². The summed E-state index contributed by atoms with van der Waals surface area (Å²) in [5, 5.41) is 0. The minimum Gasteiger partial charge on any atom is -0.466 e. The summed E-state index contributed by atoms with van der Waals surface area (Å²) in [4.78, 5) is 11.3. The van der Waals surface area contributed by atoms with E-state index in [9.17, 15) is 4.79 Å². The second kappa shape index (κ2) is 8.09. The van der Waals surface area contributed by atoms with Crippen molar-refractivity contribution in [3.8, 4) is 0 Å². The zero-order valence-electron chi connectivity index (χ0n) is 11.6. The van der Waals surface area contributed by atoms with E-state index in [1.807, 2.05) is 13.0 Å². The number of rotatable bonds is 6. The summed E-state index contributed by atoms with van der Waals surface area (Å²) in [6.07, 6.45) is 9.23. The molecule has 2 unspecified atom stereocenters. The lowest BCUT2D eigenvalue weighted by Crippen LogP contribution is -2.19. The maximum Gasteiger partial charge on any atom is 0.333 e. The molecule has 102 valence electrons. The Bertz CT molecular complexity index is 318. The largest absolute Gasteiger partial charge is 0.466 e. The second-order valence-electron chi connectivity index (χ2n) is 4.79. The molecule has 2 atom stereocenters. The van der Waals surface area contributed by atoms with E-state index in [4.69, 9.17) is 9.47 Å². The second-order valence-corrected chi connectivity index (χ2v) is 4.79. The summed E-state index contributed by atoms with van der Waals surface area (Å²) in [7, 11) is 1.41. The zero-order chi connectivity index (χ0) is 13.4. The van der Waals surface area contributed by atoms with Gasteiger partial charge in [-0.1, -0.05) is 26.0 Å². The first-order valence-corrected chi connectivity index (χ1v) is 6.69. The van der Waals surface area contributed by atoms with Crippen molar-refractivity contribution in [2.24, 2.45) is 11.8 Å². The molecule has 0 bridgehead atoms. The maximum atomic E-state index is 11.3. The van der Waals surface area contributed by atoms with Gasteiger partial charge in [-0.05, 0) is 37.2 Å². The van der Waals surface area contributed by atoms with E-state index < -0.39 is 0 Å². The molecule has 3 heteroatoms. The van der Waals surface area contributed by atoms with Crippen molar-refractivity contribution in [1.29, 1.82) is 0 Å². The average Bonchev–Trinajstić information content (AvgIpc) is 2.40. The van der Waals surface area contributed by atoms with E-state index in [0.717, 1.165) is 19.4 Å². The van der Waals surface area contributed by atoms with Crippen molar-refractivity contribution in [1.82, 2.24) is 0 Å². The van der Waals surface area contributed by atoms with Crippen molar-refractivity contribution in [2.75, 3.05) is 20.3 Å². The van der Waals surface area contributed by atoms with Crippen LogP contribution in [0.15, 0.2) is 23.8 Å². The molecule has 0 fully saturated rings. The average molecular weight is 252 g/mol. The Labute approximate surface area is 110 Å². The Kier molecular flexibility index (Phi) is 6.73. The van der Waals surface area contributed by atoms with Crippen LogP contribution in [0.1, 0.15) is 33.1 Å². The third-order valence-corrected chi connectivity index (χ3v) is 3.53. The van der Waals surface area contributed by atoms with Gasteiger partial charge in [-0.15, -0.1) is 0 Å². The van der Waals surface area contributed by atoms with Gasteiger partial charge in [0.05, 0.1) is 20.3 Å². The molecule has 0 heterocycles. The quantitative estimate of drug-likeness (QED) is 0.315. The molecule has 0 saturated heterocycles. The van der Waals surface area contributed by atoms with Crippen molar-refractivity contribution in [3.63, 3.8) is 0 Å². The molecule has 0 aromatic carbocycles. The number of ether oxygens (including phenoxy) is 2. The molecule has 1 aliphatic rings. The highest BCUT2D eigenvalue weighted by Gasteiger charge is 2.18. The number of carbonyl (C=O) groups is 1. The molecule has 0 spiro atoms. The molecular weight excluding hydrogens is 228 g/mol. The van der Waals surface area contributed by atoms with Crippen LogP contribution < -0.4 is 0 Å². The Balaban J connectivity index is 2.30. The molecule has 0 aliphatic heterocycles. The first-order valence-electron chi connectivity index (χ1n) is 6.69. The Morgan fingerprint density at radius 2 is 2.11 bits per heavy atom. The zero-order valence-corrected chi connectivity index (χ0v) is 11.6. The SMILES string of the molecule is CCC(=CCOCC1CC=CCC1C)C(=O)OC. The molecular formula is C15H24O3. The fourth-order valence-electron chi connectivity index (χ4n) is 2.12. The number of esters is 1. The molecule has 0 aromatic heterocycles. The van der Waals surface area contributed by atoms with Gasteiger partial charge >= 0.3 is 5.97 Å². The first kappa shape index (κ1) is 15.0. The number of hydrogen-bond acceptors (Lipinski definition) is 3. The molecule has 0 saturated carbocycles. The molecule has 0 amide bonds. The van der Waals surface area contributed by atoms with Crippen LogP contribution in [0, 0.1) is 11.8 Å². The minimum absolute atomic E-state index is 0.255. The van der Waals surface area contributed by atoms with E-state index >= 15 is 0 Å². The Hall–Kier alpha value is -1.09. The highest BCUT2D eigenvalue weighted by Crippen LogP contribution is 2.24. The highest BCUT2D eigenvalue weighted by molar-refractivity contribution is 5.88. The third kappa shape index (κ3) is 4.65. The third-order valence-electron chi connectivity index (χ3n) is 3.53. The Morgan fingerprint density at radius 1 is 1.39 bits per heavy atom. The van der Waals surface area contributed by atoms with Gasteiger partial charge in [0.25, 0.3) is 0 Å². The fourth-order valence-corrected chi connectivity index (χ4v) is 2.12. The molecule has 18 heavy (non-hydrogen) atoms. The molecule has 1 rings (SSSR count). The number of carbonyl (C=O) groups excluding carboxylic acids is 1. The summed E-state index contributed by atoms with van der Waals surface area (Å²) in [5.74, 6) is 1.03. The van der Waals surface area contributed by atoms with E-state index in [2.05, 4.69) is 19.1 Å². The predicted octanol–water partition coefficient (Wildman–Crippen LogP) is 3.11. The van der Waals surface area contributed by atoms with Gasteiger partial charge in [0.2, 0.25) is 0 Å². The van der Waals surface area contributed by atoms with Crippen LogP contribution in [0.4, 0.5) is 0 Å². The van der Waals surface area contributed by atoms with Gasteiger partial charge in [-0.3, -0.25) is 0 Å². The van der Waals surface area contributed by atoms with Crippen LogP contribution in [0.3, 0.4) is 0 Å². The van der Waals surface area contributed by atoms with Crippen LogP contribution in [-0.4, -0.2) is 26.3 Å². The normalized spacial score (nSPS) is 24.1. The van der Waals surface area contributed by atoms with Crippen molar-refractivity contribution in [2.45, 2.75) is 33.1 Å². The van der Waals surface area contributed by atoms with E-state index in [-0.39, 0.29) is 5.97 Å². The van der Waals surface area contributed by atoms with E-state index in [0.29, 0.717) is 30.4 Å². The lowest BCUT2D eigenvalue weighted by atomic mass is 9.85. The van der Waals surface area contributed by atoms with Crippen LogP contribution in [0.2, 0.25) is 0 Å². The highest BCUT2D eigenvalue weighted by atomic mass is 16.5. The summed E-state index contributed by atoms with van der Waals surface area (Å²) < 4.78 is 10.3. The standard InChI is InChI=1S/C15H24O3/c1-4-13(15(16)17-3)9-10-18-11-14-8-6-5-7-12(14)2/h5-6,9,12,14H,4,7-8,10-11H2,1-3H3. The predicted molar refractivity (Wildman–Crippen MR) is 72.2 cm³/mol. The van der Waals surface area contributed by atoms with Gasteiger partial charge in [0.1, 0.15) is 0 Å². The number of allylic oxidation sites excluding steroid dienone is 2. The summed E-state index contributed by atoms with van der Waals surface area (Å²) in [5.41, 5.74) is 0.689. The monoisotopic (exact) mass is 252 g/mol. The summed E-state index contributed by atoms with van der Waals surface area (Å²) in [6, 6.07) is 0. The van der Waals surface area contributed by atoms with Crippen molar-refractivity contribution < 1.29 is 14.3 Å². The summed E-state index contributed by atoms with van der Waals surface area (Å²) >= 11 is 0. The topological polar surface area (TPSA) is 35.5 Å². The number of hydrogen-bond donors (Lipinski definition) is 0.